The first-order valence-electron chi connectivity index (χ1n) is 8.09. The predicted octanol–water partition coefficient (Wildman–Crippen LogP) is 3.84. The maximum Gasteiger partial charge on any atom is 0.307 e. The fraction of sp³-hybridized carbons (Fsp3) is 0.278. The van der Waals surface area contributed by atoms with Crippen LogP contribution in [0.5, 0.6) is 5.75 Å². The molecule has 4 N–H and O–H groups in total. The summed E-state index contributed by atoms with van der Waals surface area (Å²) in [5.74, 6) is -0.332. The van der Waals surface area contributed by atoms with Crippen LogP contribution in [0, 0.1) is 10.5 Å². The lowest BCUT2D eigenvalue weighted by Crippen LogP contribution is -2.17. The number of carbonyl (C=O) groups excluding carboxylic acids is 1. The minimum Gasteiger partial charge on any atom is -0.506 e. The highest BCUT2D eigenvalue weighted by Crippen LogP contribution is 2.32. The molecule has 0 fully saturated rings. The van der Waals surface area contributed by atoms with Gasteiger partial charge in [0.05, 0.1) is 21.5 Å². The Hall–Kier alpha value is -1.40. The van der Waals surface area contributed by atoms with Crippen LogP contribution >= 0.6 is 34.2 Å². The summed E-state index contributed by atoms with van der Waals surface area (Å²) in [4.78, 5) is 11.2. The monoisotopic (exact) mass is 541 g/mol. The van der Waals surface area contributed by atoms with Gasteiger partial charge in [0, 0.05) is 16.6 Å². The van der Waals surface area contributed by atoms with Crippen LogP contribution in [0.25, 0.3) is 0 Å². The first kappa shape index (κ1) is 24.6. The van der Waals surface area contributed by atoms with Crippen molar-refractivity contribution in [1.29, 1.82) is 0 Å². The van der Waals surface area contributed by atoms with Gasteiger partial charge in [-0.25, -0.2) is 0 Å². The lowest BCUT2D eigenvalue weighted by molar-refractivity contribution is -0.143. The Kier molecular flexibility index (Phi) is 9.64. The maximum absolute atomic E-state index is 11.3. The Bertz CT molecular complexity index is 918. The van der Waals surface area contributed by atoms with Crippen LogP contribution < -0.4 is 5.73 Å². The summed E-state index contributed by atoms with van der Waals surface area (Å²) in [6, 6.07) is 8.55. The molecule has 0 spiro atoms. The predicted molar refractivity (Wildman–Crippen MR) is 115 cm³/mol. The molecule has 1 atom stereocenters. The fourth-order valence-corrected chi connectivity index (χ4v) is 3.63. The molecule has 0 aliphatic heterocycles. The van der Waals surface area contributed by atoms with Gasteiger partial charge in [0.15, 0.2) is 0 Å². The van der Waals surface area contributed by atoms with Crippen LogP contribution in [0.2, 0.25) is 5.02 Å². The molecule has 0 heterocycles. The van der Waals surface area contributed by atoms with Gasteiger partial charge < -0.3 is 15.6 Å². The molecule has 0 saturated heterocycles. The Morgan fingerprint density at radius 1 is 1.29 bits per heavy atom. The van der Waals surface area contributed by atoms with Gasteiger partial charge in [-0.2, -0.15) is 8.42 Å². The van der Waals surface area contributed by atoms with Crippen LogP contribution in [0.3, 0.4) is 0 Å². The minimum atomic E-state index is -4.02. The highest BCUT2D eigenvalue weighted by molar-refractivity contribution is 14.1. The smallest absolute Gasteiger partial charge is 0.307 e. The number of rotatable bonds is 5. The summed E-state index contributed by atoms with van der Waals surface area (Å²) < 4.78 is 35.0. The molecular formula is C18H21ClINO6S. The zero-order valence-electron chi connectivity index (χ0n) is 15.2. The highest BCUT2D eigenvalue weighted by Gasteiger charge is 2.18. The molecule has 154 valence electrons. The molecule has 0 radical (unpaired) electrons. The van der Waals surface area contributed by atoms with Crippen molar-refractivity contribution in [2.45, 2.75) is 31.2 Å². The SMILES string of the molecule is CCOC(=O)CC(N)c1cc(Cl)cc(I)c1O.Cc1ccc(S(=O)(=O)O)cc1. The Balaban J connectivity index is 0.000000307. The Morgan fingerprint density at radius 3 is 2.36 bits per heavy atom. The second kappa shape index (κ2) is 11.0. The second-order valence-electron chi connectivity index (χ2n) is 5.73. The van der Waals surface area contributed by atoms with E-state index in [1.807, 2.05) is 29.5 Å². The van der Waals surface area contributed by atoms with Crippen molar-refractivity contribution < 1.29 is 27.6 Å². The van der Waals surface area contributed by atoms with E-state index in [1.54, 1.807) is 31.2 Å². The van der Waals surface area contributed by atoms with Gasteiger partial charge in [0.25, 0.3) is 10.1 Å². The first-order chi connectivity index (χ1) is 13.0. The zero-order valence-corrected chi connectivity index (χ0v) is 19.0. The molecule has 0 aliphatic carbocycles. The van der Waals surface area contributed by atoms with Crippen LogP contribution in [0.15, 0.2) is 41.3 Å². The van der Waals surface area contributed by atoms with E-state index in [2.05, 4.69) is 0 Å². The number of esters is 1. The third-order valence-electron chi connectivity index (χ3n) is 3.47. The van der Waals surface area contributed by atoms with E-state index in [-0.39, 0.29) is 17.1 Å². The minimum absolute atomic E-state index is 0.0117. The van der Waals surface area contributed by atoms with E-state index in [4.69, 9.17) is 26.6 Å². The van der Waals surface area contributed by atoms with E-state index in [9.17, 15) is 18.3 Å². The lowest BCUT2D eigenvalue weighted by Gasteiger charge is -2.14. The number of phenols is 1. The van der Waals surface area contributed by atoms with Crippen LogP contribution in [-0.2, 0) is 19.6 Å². The van der Waals surface area contributed by atoms with Gasteiger partial charge >= 0.3 is 5.97 Å². The van der Waals surface area contributed by atoms with Crippen LogP contribution in [0.1, 0.15) is 30.5 Å². The van der Waals surface area contributed by atoms with Crippen molar-refractivity contribution in [3.8, 4) is 5.75 Å². The number of hydrogen-bond donors (Lipinski definition) is 3. The summed E-state index contributed by atoms with van der Waals surface area (Å²) in [5.41, 5.74) is 7.25. The topological polar surface area (TPSA) is 127 Å². The van der Waals surface area contributed by atoms with Gasteiger partial charge in [0.1, 0.15) is 5.75 Å². The molecular weight excluding hydrogens is 521 g/mol. The average Bonchev–Trinajstić information content (AvgIpc) is 2.58. The van der Waals surface area contributed by atoms with Crippen molar-refractivity contribution in [3.63, 3.8) is 0 Å². The van der Waals surface area contributed by atoms with E-state index in [0.29, 0.717) is 20.8 Å². The number of phenolic OH excluding ortho intramolecular Hbond substituents is 1. The van der Waals surface area contributed by atoms with E-state index < -0.39 is 22.1 Å². The molecule has 2 aromatic carbocycles. The third-order valence-corrected chi connectivity index (χ3v) is 5.38. The number of halogens is 2. The van der Waals surface area contributed by atoms with E-state index in [0.717, 1.165) is 5.56 Å². The average molecular weight is 542 g/mol. The molecule has 7 nitrogen and oxygen atoms in total. The normalized spacial score (nSPS) is 11.9. The number of hydrogen-bond acceptors (Lipinski definition) is 6. The zero-order chi connectivity index (χ0) is 21.5. The fourth-order valence-electron chi connectivity index (χ4n) is 2.09. The van der Waals surface area contributed by atoms with E-state index >= 15 is 0 Å². The van der Waals surface area contributed by atoms with Crippen LogP contribution in [-0.4, -0.2) is 30.7 Å². The van der Waals surface area contributed by atoms with Crippen molar-refractivity contribution in [2.75, 3.05) is 6.61 Å². The molecule has 1 unspecified atom stereocenters. The molecule has 0 aromatic heterocycles. The summed E-state index contributed by atoms with van der Waals surface area (Å²) in [6.07, 6.45) is 0.0117. The van der Waals surface area contributed by atoms with Gasteiger partial charge in [-0.15, -0.1) is 0 Å². The lowest BCUT2D eigenvalue weighted by atomic mass is 10.0. The van der Waals surface area contributed by atoms with E-state index in [1.165, 1.54) is 12.1 Å². The number of nitrogens with two attached hydrogens (primary N) is 1. The van der Waals surface area contributed by atoms with Crippen molar-refractivity contribution in [3.05, 3.63) is 56.1 Å². The molecule has 10 heteroatoms. The highest BCUT2D eigenvalue weighted by atomic mass is 127. The molecule has 0 amide bonds. The maximum atomic E-state index is 11.3. The van der Waals surface area contributed by atoms with Gasteiger partial charge in [0.2, 0.25) is 0 Å². The summed E-state index contributed by atoms with van der Waals surface area (Å²) in [6.45, 7) is 3.88. The molecule has 28 heavy (non-hydrogen) atoms. The Labute approximate surface area is 182 Å². The third kappa shape index (κ3) is 7.92. The van der Waals surface area contributed by atoms with Crippen molar-refractivity contribution in [1.82, 2.24) is 0 Å². The number of aryl methyl sites for hydroxylation is 1. The van der Waals surface area contributed by atoms with Crippen molar-refractivity contribution >= 4 is 50.3 Å². The Morgan fingerprint density at radius 2 is 1.86 bits per heavy atom. The molecule has 2 rings (SSSR count). The number of benzene rings is 2. The number of ether oxygens (including phenoxy) is 1. The first-order valence-corrected chi connectivity index (χ1v) is 11.0. The molecule has 2 aromatic rings. The molecule has 0 bridgehead atoms. The summed E-state index contributed by atoms with van der Waals surface area (Å²) in [7, 11) is -4.02. The molecule has 0 aliphatic rings. The summed E-state index contributed by atoms with van der Waals surface area (Å²) >= 11 is 7.83. The summed E-state index contributed by atoms with van der Waals surface area (Å²) in [5, 5.41) is 10.3. The number of aromatic hydroxyl groups is 1. The van der Waals surface area contributed by atoms with Crippen molar-refractivity contribution in [2.24, 2.45) is 5.73 Å². The largest absolute Gasteiger partial charge is 0.506 e. The standard InChI is InChI=1S/C11H13ClINO3.C7H8O3S/c1-2-17-10(15)5-9(14)7-3-6(12)4-8(13)11(7)16;1-6-2-4-7(5-3-6)11(8,9)10/h3-4,9,16H,2,5,14H2,1H3;2-5H,1H3,(H,8,9,10). The van der Waals surface area contributed by atoms with Gasteiger partial charge in [-0.1, -0.05) is 29.3 Å². The van der Waals surface area contributed by atoms with Crippen LogP contribution in [0.4, 0.5) is 0 Å². The van der Waals surface area contributed by atoms with Gasteiger partial charge in [-0.3, -0.25) is 9.35 Å². The second-order valence-corrected chi connectivity index (χ2v) is 8.75. The number of carbonyl (C=O) groups is 1. The molecule has 0 saturated carbocycles. The quantitative estimate of drug-likeness (QED) is 0.298. The van der Waals surface area contributed by atoms with Gasteiger partial charge in [-0.05, 0) is 60.7 Å².